The predicted octanol–water partition coefficient (Wildman–Crippen LogP) is 3.72. The third-order valence-electron chi connectivity index (χ3n) is 4.77. The van der Waals surface area contributed by atoms with Crippen molar-refractivity contribution in [1.82, 2.24) is 10.2 Å². The fraction of sp³-hybridized carbons (Fsp3) is 0.364. The number of carboxylic acids is 1. The van der Waals surface area contributed by atoms with Crippen molar-refractivity contribution in [3.8, 4) is 5.75 Å². The molecule has 0 unspecified atom stereocenters. The Morgan fingerprint density at radius 3 is 2.79 bits per heavy atom. The highest BCUT2D eigenvalue weighted by Crippen LogP contribution is 2.24. The molecule has 2 N–H and O–H groups in total. The summed E-state index contributed by atoms with van der Waals surface area (Å²) in [6, 6.07) is 12.4. The highest BCUT2D eigenvalue weighted by atomic mass is 35.5. The molecular formula is C22H25ClN2O4. The molecule has 1 amide bonds. The van der Waals surface area contributed by atoms with Crippen molar-refractivity contribution in [2.75, 3.05) is 19.7 Å². The van der Waals surface area contributed by atoms with Gasteiger partial charge in [0, 0.05) is 30.2 Å². The summed E-state index contributed by atoms with van der Waals surface area (Å²) in [7, 11) is 0. The number of nitrogens with one attached hydrogen (secondary N) is 1. The van der Waals surface area contributed by atoms with Crippen molar-refractivity contribution in [3.05, 3.63) is 64.2 Å². The van der Waals surface area contributed by atoms with Gasteiger partial charge in [0.1, 0.15) is 5.75 Å². The number of nitrogens with zero attached hydrogens (tertiary/aromatic N) is 1. The van der Waals surface area contributed by atoms with Crippen LogP contribution in [0.15, 0.2) is 42.5 Å². The van der Waals surface area contributed by atoms with Gasteiger partial charge in [-0.05, 0) is 49.1 Å². The maximum Gasteiger partial charge on any atom is 0.335 e. The van der Waals surface area contributed by atoms with Gasteiger partial charge in [-0.1, -0.05) is 29.8 Å². The summed E-state index contributed by atoms with van der Waals surface area (Å²) in [5.74, 6) is -0.467. The zero-order valence-electron chi connectivity index (χ0n) is 16.2. The van der Waals surface area contributed by atoms with Crippen LogP contribution in [-0.4, -0.2) is 41.6 Å². The van der Waals surface area contributed by atoms with E-state index in [1.807, 2.05) is 29.2 Å². The molecule has 0 aromatic heterocycles. The zero-order chi connectivity index (χ0) is 20.6. The lowest BCUT2D eigenvalue weighted by Crippen LogP contribution is -2.37. The molecule has 0 saturated carbocycles. The second-order valence-electron chi connectivity index (χ2n) is 7.16. The number of aromatic carboxylic acids is 1. The van der Waals surface area contributed by atoms with Crippen LogP contribution in [0.2, 0.25) is 5.02 Å². The quantitative estimate of drug-likeness (QED) is 0.797. The van der Waals surface area contributed by atoms with Crippen molar-refractivity contribution in [3.63, 3.8) is 0 Å². The minimum Gasteiger partial charge on any atom is -0.493 e. The molecule has 1 heterocycles. The Kier molecular flexibility index (Phi) is 7.49. The van der Waals surface area contributed by atoms with E-state index in [0.29, 0.717) is 37.0 Å². The molecule has 2 aromatic rings. The van der Waals surface area contributed by atoms with Crippen molar-refractivity contribution >= 4 is 23.5 Å². The van der Waals surface area contributed by atoms with Gasteiger partial charge >= 0.3 is 5.97 Å². The van der Waals surface area contributed by atoms with Gasteiger partial charge in [-0.2, -0.15) is 0 Å². The number of fused-ring (bicyclic) bond motifs is 1. The van der Waals surface area contributed by atoms with Gasteiger partial charge < -0.3 is 15.2 Å². The van der Waals surface area contributed by atoms with Gasteiger partial charge in [0.05, 0.1) is 18.7 Å². The lowest BCUT2D eigenvalue weighted by Gasteiger charge is -2.23. The fourth-order valence-corrected chi connectivity index (χ4v) is 3.54. The summed E-state index contributed by atoms with van der Waals surface area (Å²) in [6.45, 7) is 2.37. The number of benzene rings is 2. The van der Waals surface area contributed by atoms with Crippen LogP contribution in [0.1, 0.15) is 40.7 Å². The minimum absolute atomic E-state index is 0.0316. The third kappa shape index (κ3) is 6.48. The lowest BCUT2D eigenvalue weighted by molar-refractivity contribution is -0.122. The van der Waals surface area contributed by atoms with E-state index in [2.05, 4.69) is 5.32 Å². The van der Waals surface area contributed by atoms with E-state index in [0.717, 1.165) is 30.4 Å². The first-order chi connectivity index (χ1) is 14.0. The number of hydrogen-bond acceptors (Lipinski definition) is 4. The minimum atomic E-state index is -0.991. The van der Waals surface area contributed by atoms with Crippen LogP contribution in [0.4, 0.5) is 0 Å². The molecule has 6 nitrogen and oxygen atoms in total. The Morgan fingerprint density at radius 1 is 1.14 bits per heavy atom. The largest absolute Gasteiger partial charge is 0.493 e. The molecule has 0 saturated heterocycles. The highest BCUT2D eigenvalue weighted by molar-refractivity contribution is 6.30. The number of halogens is 1. The van der Waals surface area contributed by atoms with Gasteiger partial charge in [0.25, 0.3) is 0 Å². The smallest absolute Gasteiger partial charge is 0.335 e. The summed E-state index contributed by atoms with van der Waals surface area (Å²) in [5.41, 5.74) is 2.04. The first-order valence-electron chi connectivity index (χ1n) is 9.74. The average molecular weight is 417 g/mol. The first-order valence-corrected chi connectivity index (χ1v) is 10.1. The van der Waals surface area contributed by atoms with E-state index < -0.39 is 5.97 Å². The molecule has 1 aliphatic heterocycles. The SMILES string of the molecule is O=C1CN(Cc2cccc(Cl)c2)Cc2ccc(C(=O)O)cc2OCCCCCN1. The number of ether oxygens (including phenoxy) is 1. The zero-order valence-corrected chi connectivity index (χ0v) is 17.0. The Labute approximate surface area is 175 Å². The van der Waals surface area contributed by atoms with Crippen LogP contribution in [0.5, 0.6) is 5.75 Å². The van der Waals surface area contributed by atoms with Gasteiger partial charge in [0.2, 0.25) is 5.91 Å². The number of carbonyl (C=O) groups is 2. The summed E-state index contributed by atoms with van der Waals surface area (Å²) >= 11 is 6.11. The molecule has 0 atom stereocenters. The average Bonchev–Trinajstić information content (AvgIpc) is 2.68. The maximum absolute atomic E-state index is 12.4. The Morgan fingerprint density at radius 2 is 2.00 bits per heavy atom. The standard InChI is InChI=1S/C22H25ClN2O4/c23-19-6-4-5-16(11-19)13-25-14-18-8-7-17(22(27)28)12-20(18)29-10-3-1-2-9-24-21(26)15-25/h4-8,11-12H,1-3,9-10,13-15H2,(H,24,26)(H,27,28). The molecule has 3 rings (SSSR count). The van der Waals surface area contributed by atoms with Crippen LogP contribution in [0, 0.1) is 0 Å². The van der Waals surface area contributed by atoms with Crippen LogP contribution < -0.4 is 10.1 Å². The van der Waals surface area contributed by atoms with Crippen molar-refractivity contribution in [1.29, 1.82) is 0 Å². The Hall–Kier alpha value is -2.57. The number of carbonyl (C=O) groups excluding carboxylic acids is 1. The summed E-state index contributed by atoms with van der Waals surface area (Å²) in [4.78, 5) is 25.8. The number of amides is 1. The fourth-order valence-electron chi connectivity index (χ4n) is 3.33. The monoisotopic (exact) mass is 416 g/mol. The summed E-state index contributed by atoms with van der Waals surface area (Å²) < 4.78 is 5.92. The van der Waals surface area contributed by atoms with E-state index >= 15 is 0 Å². The molecule has 154 valence electrons. The van der Waals surface area contributed by atoms with E-state index in [-0.39, 0.29) is 18.0 Å². The van der Waals surface area contributed by atoms with Gasteiger partial charge in [-0.25, -0.2) is 4.79 Å². The molecule has 7 heteroatoms. The van der Waals surface area contributed by atoms with Gasteiger partial charge in [-0.15, -0.1) is 0 Å². The van der Waals surface area contributed by atoms with Crippen LogP contribution in [-0.2, 0) is 17.9 Å². The Balaban J connectivity index is 1.88. The lowest BCUT2D eigenvalue weighted by atomic mass is 10.1. The Bertz CT molecular complexity index is 872. The van der Waals surface area contributed by atoms with Crippen molar-refractivity contribution < 1.29 is 19.4 Å². The van der Waals surface area contributed by atoms with Crippen LogP contribution >= 0.6 is 11.6 Å². The van der Waals surface area contributed by atoms with E-state index in [4.69, 9.17) is 16.3 Å². The first kappa shape index (κ1) is 21.1. The molecular weight excluding hydrogens is 392 g/mol. The van der Waals surface area contributed by atoms with Gasteiger partial charge in [0.15, 0.2) is 0 Å². The second kappa shape index (κ2) is 10.3. The van der Waals surface area contributed by atoms with E-state index in [9.17, 15) is 14.7 Å². The maximum atomic E-state index is 12.4. The van der Waals surface area contributed by atoms with Crippen LogP contribution in [0.3, 0.4) is 0 Å². The molecule has 0 radical (unpaired) electrons. The molecule has 29 heavy (non-hydrogen) atoms. The number of carboxylic acid groups (broad SMARTS) is 1. The summed E-state index contributed by atoms with van der Waals surface area (Å²) in [6.07, 6.45) is 2.66. The van der Waals surface area contributed by atoms with Crippen LogP contribution in [0.25, 0.3) is 0 Å². The normalized spacial score (nSPS) is 16.4. The van der Waals surface area contributed by atoms with Crippen molar-refractivity contribution in [2.24, 2.45) is 0 Å². The highest BCUT2D eigenvalue weighted by Gasteiger charge is 2.17. The summed E-state index contributed by atoms with van der Waals surface area (Å²) in [5, 5.41) is 12.9. The third-order valence-corrected chi connectivity index (χ3v) is 5.01. The number of hydrogen-bond donors (Lipinski definition) is 2. The molecule has 2 aromatic carbocycles. The van der Waals surface area contributed by atoms with Gasteiger partial charge in [-0.3, -0.25) is 9.69 Å². The van der Waals surface area contributed by atoms with E-state index in [1.54, 1.807) is 18.2 Å². The molecule has 0 spiro atoms. The molecule has 0 aliphatic carbocycles. The number of rotatable bonds is 3. The molecule has 0 fully saturated rings. The molecule has 0 bridgehead atoms. The predicted molar refractivity (Wildman–Crippen MR) is 111 cm³/mol. The second-order valence-corrected chi connectivity index (χ2v) is 7.60. The van der Waals surface area contributed by atoms with E-state index in [1.165, 1.54) is 0 Å². The van der Waals surface area contributed by atoms with Crippen molar-refractivity contribution in [2.45, 2.75) is 32.4 Å². The topological polar surface area (TPSA) is 78.9 Å². The molecule has 1 aliphatic rings.